The molecule has 2 saturated carbocycles. The van der Waals surface area contributed by atoms with Crippen molar-refractivity contribution < 1.29 is 19.2 Å². The van der Waals surface area contributed by atoms with Crippen LogP contribution in [0.15, 0.2) is 23.3 Å². The van der Waals surface area contributed by atoms with E-state index in [0.29, 0.717) is 11.7 Å². The van der Waals surface area contributed by atoms with Gasteiger partial charge in [-0.15, -0.1) is 0 Å². The molecule has 9 heteroatoms. The molecule has 0 radical (unpaired) electrons. The number of rotatable bonds is 4. The van der Waals surface area contributed by atoms with Crippen molar-refractivity contribution in [3.63, 3.8) is 0 Å². The monoisotopic (exact) mass is 400 g/mol. The fraction of sp³-hybridized carbons (Fsp3) is 0.550. The second-order valence-corrected chi connectivity index (χ2v) is 8.76. The van der Waals surface area contributed by atoms with Crippen LogP contribution in [0, 0.1) is 26.9 Å². The van der Waals surface area contributed by atoms with Gasteiger partial charge in [0.25, 0.3) is 17.5 Å². The van der Waals surface area contributed by atoms with Crippen LogP contribution in [0.4, 0.5) is 11.4 Å². The van der Waals surface area contributed by atoms with Crippen molar-refractivity contribution in [2.45, 2.75) is 40.0 Å². The number of amides is 2. The van der Waals surface area contributed by atoms with Crippen LogP contribution in [0.25, 0.3) is 0 Å². The molecule has 0 aromatic heterocycles. The number of carbonyl (C=O) groups excluding carboxylic acids is 2. The van der Waals surface area contributed by atoms with Gasteiger partial charge in [-0.3, -0.25) is 24.6 Å². The summed E-state index contributed by atoms with van der Waals surface area (Å²) in [5.74, 6) is 0.0104. The normalized spacial score (nSPS) is 28.2. The first kappa shape index (κ1) is 19.4. The number of anilines is 1. The molecule has 2 amide bonds. The van der Waals surface area contributed by atoms with Crippen LogP contribution < -0.4 is 15.1 Å². The van der Waals surface area contributed by atoms with Crippen LogP contribution in [-0.4, -0.2) is 35.6 Å². The number of non-ortho nitro benzene ring substituents is 1. The molecule has 0 saturated heterocycles. The lowest BCUT2D eigenvalue weighted by Crippen LogP contribution is -2.44. The van der Waals surface area contributed by atoms with E-state index in [1.807, 2.05) is 0 Å². The molecule has 2 bridgehead atoms. The minimum absolute atomic E-state index is 0.0348. The van der Waals surface area contributed by atoms with Crippen molar-refractivity contribution in [3.05, 3.63) is 28.3 Å². The van der Waals surface area contributed by atoms with Crippen molar-refractivity contribution in [3.8, 4) is 5.75 Å². The molecular weight excluding hydrogens is 376 g/mol. The fourth-order valence-electron chi connectivity index (χ4n) is 4.88. The van der Waals surface area contributed by atoms with Gasteiger partial charge in [-0.25, -0.2) is 5.43 Å². The maximum absolute atomic E-state index is 12.5. The number of fused-ring (bicyclic) bond motifs is 3. The molecule has 4 rings (SSSR count). The summed E-state index contributed by atoms with van der Waals surface area (Å²) < 4.78 is 5.32. The summed E-state index contributed by atoms with van der Waals surface area (Å²) in [6, 6.07) is 3.98. The number of benzene rings is 1. The predicted octanol–water partition coefficient (Wildman–Crippen LogP) is 2.64. The van der Waals surface area contributed by atoms with Gasteiger partial charge in [-0.05, 0) is 36.7 Å². The summed E-state index contributed by atoms with van der Waals surface area (Å²) in [5, 5.41) is 15.5. The number of nitro groups is 1. The molecule has 3 aliphatic rings. The average Bonchev–Trinajstić information content (AvgIpc) is 3.01. The quantitative estimate of drug-likeness (QED) is 0.616. The number of hydrogen-bond donors (Lipinski definition) is 1. The summed E-state index contributed by atoms with van der Waals surface area (Å²) in [7, 11) is 0. The Kier molecular flexibility index (Phi) is 4.36. The molecule has 154 valence electrons. The zero-order chi connectivity index (χ0) is 21.0. The number of nitro benzene ring substituents is 1. The lowest BCUT2D eigenvalue weighted by molar-refractivity contribution is -0.384. The minimum atomic E-state index is -0.554. The summed E-state index contributed by atoms with van der Waals surface area (Å²) in [4.78, 5) is 36.5. The van der Waals surface area contributed by atoms with Gasteiger partial charge in [0.2, 0.25) is 0 Å². The molecule has 9 nitrogen and oxygen atoms in total. The van der Waals surface area contributed by atoms with Crippen LogP contribution in [0.1, 0.15) is 40.0 Å². The highest BCUT2D eigenvalue weighted by molar-refractivity contribution is 6.03. The van der Waals surface area contributed by atoms with Crippen molar-refractivity contribution in [1.29, 1.82) is 0 Å². The zero-order valence-electron chi connectivity index (χ0n) is 16.7. The number of nitrogens with one attached hydrogen (secondary N) is 1. The third-order valence-corrected chi connectivity index (χ3v) is 7.23. The first-order chi connectivity index (χ1) is 13.6. The Morgan fingerprint density at radius 1 is 1.41 bits per heavy atom. The van der Waals surface area contributed by atoms with Crippen molar-refractivity contribution in [1.82, 2.24) is 5.43 Å². The molecular formula is C20H24N4O5. The van der Waals surface area contributed by atoms with E-state index in [4.69, 9.17) is 4.74 Å². The standard InChI is InChI=1S/C20H24N4O5/c1-19(2)12-6-7-20(19,3)16(8-12)21-22-17(25)10-23-14-9-13(24(27)28)4-5-15(14)29-11-18(23)26/h4-5,9,12H,6-8,10-11H2,1-3H3,(H,22,25)/b21-16+/t12-,20-/m1/s1. The molecule has 0 unspecified atom stereocenters. The van der Waals surface area contributed by atoms with Crippen molar-refractivity contribution in [2.75, 3.05) is 18.1 Å². The van der Waals surface area contributed by atoms with E-state index < -0.39 is 16.7 Å². The van der Waals surface area contributed by atoms with E-state index in [1.54, 1.807) is 0 Å². The van der Waals surface area contributed by atoms with Crippen LogP contribution in [0.3, 0.4) is 0 Å². The highest BCUT2D eigenvalue weighted by Crippen LogP contribution is 2.63. The predicted molar refractivity (Wildman–Crippen MR) is 106 cm³/mol. The third-order valence-electron chi connectivity index (χ3n) is 7.23. The van der Waals surface area contributed by atoms with Gasteiger partial charge in [-0.1, -0.05) is 20.8 Å². The molecule has 1 heterocycles. The van der Waals surface area contributed by atoms with Gasteiger partial charge >= 0.3 is 0 Å². The van der Waals surface area contributed by atoms with E-state index in [1.165, 1.54) is 29.5 Å². The highest BCUT2D eigenvalue weighted by atomic mass is 16.6. The van der Waals surface area contributed by atoms with Crippen LogP contribution in [0.5, 0.6) is 5.75 Å². The Labute approximate surface area is 168 Å². The van der Waals surface area contributed by atoms with Gasteiger partial charge in [-0.2, -0.15) is 5.10 Å². The Morgan fingerprint density at radius 3 is 2.79 bits per heavy atom. The molecule has 1 aromatic rings. The molecule has 2 fully saturated rings. The lowest BCUT2D eigenvalue weighted by Gasteiger charge is -2.34. The largest absolute Gasteiger partial charge is 0.482 e. The van der Waals surface area contributed by atoms with E-state index >= 15 is 0 Å². The Morgan fingerprint density at radius 2 is 2.17 bits per heavy atom. The topological polar surface area (TPSA) is 114 Å². The average molecular weight is 400 g/mol. The van der Waals surface area contributed by atoms with Crippen LogP contribution in [-0.2, 0) is 9.59 Å². The number of hydrogen-bond acceptors (Lipinski definition) is 6. The Bertz CT molecular complexity index is 941. The Hall–Kier alpha value is -2.97. The summed E-state index contributed by atoms with van der Waals surface area (Å²) >= 11 is 0. The molecule has 29 heavy (non-hydrogen) atoms. The molecule has 1 aromatic carbocycles. The lowest BCUT2D eigenvalue weighted by atomic mass is 9.70. The zero-order valence-corrected chi connectivity index (χ0v) is 16.7. The second kappa shape index (κ2) is 6.53. The number of carbonyl (C=O) groups is 2. The molecule has 0 spiro atoms. The third kappa shape index (κ3) is 2.95. The number of nitrogens with zero attached hydrogens (tertiary/aromatic N) is 3. The van der Waals surface area contributed by atoms with Crippen LogP contribution >= 0.6 is 0 Å². The first-order valence-electron chi connectivity index (χ1n) is 9.71. The fourth-order valence-corrected chi connectivity index (χ4v) is 4.88. The summed E-state index contributed by atoms with van der Waals surface area (Å²) in [6.45, 7) is 6.21. The highest BCUT2D eigenvalue weighted by Gasteiger charge is 2.60. The maximum Gasteiger partial charge on any atom is 0.271 e. The molecule has 2 atom stereocenters. The summed E-state index contributed by atoms with van der Waals surface area (Å²) in [5.41, 5.74) is 3.74. The van der Waals surface area contributed by atoms with Gasteiger partial charge in [0, 0.05) is 23.3 Å². The minimum Gasteiger partial charge on any atom is -0.482 e. The Balaban J connectivity index is 1.50. The number of ether oxygens (including phenoxy) is 1. The van der Waals surface area contributed by atoms with E-state index in [0.717, 1.165) is 18.6 Å². The molecule has 1 N–H and O–H groups in total. The SMILES string of the molecule is CC1(C)[C@@H]2CC[C@]1(C)/C(=N/NC(=O)CN1C(=O)COc3ccc([N+](=O)[O-])cc31)C2. The van der Waals surface area contributed by atoms with Crippen molar-refractivity contribution >= 4 is 28.9 Å². The van der Waals surface area contributed by atoms with Gasteiger partial charge < -0.3 is 4.74 Å². The van der Waals surface area contributed by atoms with E-state index in [9.17, 15) is 19.7 Å². The first-order valence-corrected chi connectivity index (χ1v) is 9.71. The van der Waals surface area contributed by atoms with Gasteiger partial charge in [0.05, 0.1) is 10.6 Å². The second-order valence-electron chi connectivity index (χ2n) is 8.76. The van der Waals surface area contributed by atoms with Gasteiger partial charge in [0.15, 0.2) is 6.61 Å². The smallest absolute Gasteiger partial charge is 0.271 e. The van der Waals surface area contributed by atoms with E-state index in [-0.39, 0.29) is 35.4 Å². The summed E-state index contributed by atoms with van der Waals surface area (Å²) in [6.07, 6.45) is 3.10. The van der Waals surface area contributed by atoms with Crippen LogP contribution in [0.2, 0.25) is 0 Å². The molecule has 2 aliphatic carbocycles. The van der Waals surface area contributed by atoms with Gasteiger partial charge in [0.1, 0.15) is 12.3 Å². The van der Waals surface area contributed by atoms with E-state index in [2.05, 4.69) is 31.3 Å². The molecule has 1 aliphatic heterocycles. The maximum atomic E-state index is 12.5. The van der Waals surface area contributed by atoms with Crippen molar-refractivity contribution in [2.24, 2.45) is 21.8 Å². The number of hydrazone groups is 1.